The number of hydrogen-bond donors (Lipinski definition) is 3. The number of benzene rings is 1. The molecular formula is C14H20N2O4. The van der Waals surface area contributed by atoms with Gasteiger partial charge in [-0.15, -0.1) is 0 Å². The number of methoxy groups -OCH3 is 1. The van der Waals surface area contributed by atoms with Crippen molar-refractivity contribution in [1.82, 2.24) is 10.6 Å². The number of aliphatic carboxylic acids is 1. The lowest BCUT2D eigenvalue weighted by Crippen LogP contribution is -2.37. The number of carboxylic acid groups (broad SMARTS) is 1. The molecule has 0 aliphatic rings. The first kappa shape index (κ1) is 15.8. The van der Waals surface area contributed by atoms with Gasteiger partial charge in [0.05, 0.1) is 7.11 Å². The highest BCUT2D eigenvalue weighted by Crippen LogP contribution is 2.10. The number of rotatable bonds is 7. The molecule has 110 valence electrons. The molecule has 1 aromatic rings. The molecule has 0 fully saturated rings. The summed E-state index contributed by atoms with van der Waals surface area (Å²) in [6.45, 7) is 2.52. The summed E-state index contributed by atoms with van der Waals surface area (Å²) in [4.78, 5) is 22.0. The number of carbonyl (C=O) groups excluding carboxylic acids is 1. The molecule has 0 bridgehead atoms. The van der Waals surface area contributed by atoms with Crippen LogP contribution < -0.4 is 15.4 Å². The molecule has 0 aliphatic carbocycles. The average molecular weight is 280 g/mol. The van der Waals surface area contributed by atoms with Crippen molar-refractivity contribution in [3.05, 3.63) is 29.8 Å². The molecule has 0 spiro atoms. The van der Waals surface area contributed by atoms with Crippen LogP contribution in [0.4, 0.5) is 4.79 Å². The quantitative estimate of drug-likeness (QED) is 0.708. The van der Waals surface area contributed by atoms with Gasteiger partial charge in [0.15, 0.2) is 0 Å². The first-order chi connectivity index (χ1) is 9.51. The van der Waals surface area contributed by atoms with Gasteiger partial charge in [0.2, 0.25) is 0 Å². The lowest BCUT2D eigenvalue weighted by Gasteiger charge is -2.11. The Labute approximate surface area is 118 Å². The molecule has 0 saturated carbocycles. The van der Waals surface area contributed by atoms with Gasteiger partial charge in [-0.1, -0.05) is 19.1 Å². The standard InChI is InChI=1S/C14H20N2O4/c1-10(7-13(17)18)8-15-14(19)16-9-11-3-5-12(20-2)6-4-11/h3-6,10H,7-9H2,1-2H3,(H,17,18)(H2,15,16,19). The lowest BCUT2D eigenvalue weighted by atomic mass is 10.1. The van der Waals surface area contributed by atoms with E-state index in [0.29, 0.717) is 13.1 Å². The number of amides is 2. The zero-order valence-corrected chi connectivity index (χ0v) is 11.7. The number of hydrogen-bond acceptors (Lipinski definition) is 3. The second-order valence-corrected chi connectivity index (χ2v) is 4.61. The van der Waals surface area contributed by atoms with E-state index in [1.165, 1.54) is 0 Å². The van der Waals surface area contributed by atoms with Gasteiger partial charge >= 0.3 is 12.0 Å². The minimum absolute atomic E-state index is 0.0404. The third-order valence-corrected chi connectivity index (χ3v) is 2.75. The van der Waals surface area contributed by atoms with Crippen LogP contribution in [0.25, 0.3) is 0 Å². The van der Waals surface area contributed by atoms with Gasteiger partial charge in [-0.25, -0.2) is 4.79 Å². The third kappa shape index (κ3) is 6.08. The molecule has 6 heteroatoms. The van der Waals surface area contributed by atoms with E-state index >= 15 is 0 Å². The van der Waals surface area contributed by atoms with E-state index in [1.807, 2.05) is 24.3 Å². The fraction of sp³-hybridized carbons (Fsp3) is 0.429. The molecule has 3 N–H and O–H groups in total. The highest BCUT2D eigenvalue weighted by Gasteiger charge is 2.09. The van der Waals surface area contributed by atoms with Crippen molar-refractivity contribution in [2.24, 2.45) is 5.92 Å². The number of carboxylic acids is 1. The summed E-state index contributed by atoms with van der Waals surface area (Å²) in [6.07, 6.45) is 0.0404. The van der Waals surface area contributed by atoms with Gasteiger partial charge in [0, 0.05) is 19.5 Å². The van der Waals surface area contributed by atoms with Crippen LogP contribution in [0.15, 0.2) is 24.3 Å². The molecule has 0 aliphatic heterocycles. The molecule has 0 heterocycles. The van der Waals surface area contributed by atoms with Gasteiger partial charge < -0.3 is 20.5 Å². The molecule has 0 radical (unpaired) electrons. The molecule has 2 amide bonds. The van der Waals surface area contributed by atoms with E-state index in [0.717, 1.165) is 11.3 Å². The van der Waals surface area contributed by atoms with Crippen LogP contribution in [0.5, 0.6) is 5.75 Å². The summed E-state index contributed by atoms with van der Waals surface area (Å²) in [6, 6.07) is 7.07. The maximum Gasteiger partial charge on any atom is 0.315 e. The van der Waals surface area contributed by atoms with Crippen molar-refractivity contribution in [1.29, 1.82) is 0 Å². The van der Waals surface area contributed by atoms with Crippen molar-refractivity contribution in [3.63, 3.8) is 0 Å². The van der Waals surface area contributed by atoms with Crippen LogP contribution in [0.1, 0.15) is 18.9 Å². The Kier molecular flexibility index (Phi) is 6.36. The third-order valence-electron chi connectivity index (χ3n) is 2.75. The van der Waals surface area contributed by atoms with Crippen molar-refractivity contribution >= 4 is 12.0 Å². The van der Waals surface area contributed by atoms with Crippen LogP contribution in [-0.4, -0.2) is 30.8 Å². The number of urea groups is 1. The van der Waals surface area contributed by atoms with Crippen molar-refractivity contribution in [2.45, 2.75) is 19.9 Å². The van der Waals surface area contributed by atoms with E-state index in [1.54, 1.807) is 14.0 Å². The van der Waals surface area contributed by atoms with Gasteiger partial charge in [0.1, 0.15) is 5.75 Å². The predicted molar refractivity (Wildman–Crippen MR) is 74.6 cm³/mol. The zero-order valence-electron chi connectivity index (χ0n) is 11.7. The summed E-state index contributed by atoms with van der Waals surface area (Å²) in [5.41, 5.74) is 0.958. The van der Waals surface area contributed by atoms with Crippen LogP contribution in [0, 0.1) is 5.92 Å². The molecule has 0 saturated heterocycles. The molecule has 1 atom stereocenters. The van der Waals surface area contributed by atoms with Crippen LogP contribution in [-0.2, 0) is 11.3 Å². The zero-order chi connectivity index (χ0) is 15.0. The van der Waals surface area contributed by atoms with Crippen LogP contribution in [0.3, 0.4) is 0 Å². The average Bonchev–Trinajstić information content (AvgIpc) is 2.42. The van der Waals surface area contributed by atoms with Gasteiger partial charge in [-0.05, 0) is 23.6 Å². The summed E-state index contributed by atoms with van der Waals surface area (Å²) >= 11 is 0. The van der Waals surface area contributed by atoms with Crippen LogP contribution >= 0.6 is 0 Å². The Hall–Kier alpha value is -2.24. The molecule has 1 unspecified atom stereocenters. The maximum atomic E-state index is 11.5. The van der Waals surface area contributed by atoms with E-state index in [9.17, 15) is 9.59 Å². The van der Waals surface area contributed by atoms with Crippen LogP contribution in [0.2, 0.25) is 0 Å². The van der Waals surface area contributed by atoms with Crippen molar-refractivity contribution in [2.75, 3.05) is 13.7 Å². The van der Waals surface area contributed by atoms with Gasteiger partial charge in [-0.2, -0.15) is 0 Å². The minimum Gasteiger partial charge on any atom is -0.497 e. The Morgan fingerprint density at radius 3 is 2.45 bits per heavy atom. The molecule has 20 heavy (non-hydrogen) atoms. The second kappa shape index (κ2) is 8.04. The Morgan fingerprint density at radius 1 is 1.25 bits per heavy atom. The molecular weight excluding hydrogens is 260 g/mol. The van der Waals surface area contributed by atoms with Gasteiger partial charge in [-0.3, -0.25) is 4.79 Å². The lowest BCUT2D eigenvalue weighted by molar-refractivity contribution is -0.137. The smallest absolute Gasteiger partial charge is 0.315 e. The molecule has 1 rings (SSSR count). The normalized spacial score (nSPS) is 11.5. The SMILES string of the molecule is COc1ccc(CNC(=O)NCC(C)CC(=O)O)cc1. The maximum absolute atomic E-state index is 11.5. The molecule has 0 aromatic heterocycles. The highest BCUT2D eigenvalue weighted by molar-refractivity contribution is 5.74. The number of carbonyl (C=O) groups is 2. The monoisotopic (exact) mass is 280 g/mol. The summed E-state index contributed by atoms with van der Waals surface area (Å²) in [7, 11) is 1.60. The van der Waals surface area contributed by atoms with Crippen molar-refractivity contribution in [3.8, 4) is 5.75 Å². The number of nitrogens with one attached hydrogen (secondary N) is 2. The van der Waals surface area contributed by atoms with E-state index in [2.05, 4.69) is 10.6 Å². The fourth-order valence-electron chi connectivity index (χ4n) is 1.63. The largest absolute Gasteiger partial charge is 0.497 e. The molecule has 6 nitrogen and oxygen atoms in total. The van der Waals surface area contributed by atoms with E-state index in [-0.39, 0.29) is 18.4 Å². The first-order valence-corrected chi connectivity index (χ1v) is 6.37. The highest BCUT2D eigenvalue weighted by atomic mass is 16.5. The Morgan fingerprint density at radius 2 is 1.90 bits per heavy atom. The minimum atomic E-state index is -0.863. The Balaban J connectivity index is 2.26. The summed E-state index contributed by atoms with van der Waals surface area (Å²) in [5.74, 6) is -0.196. The number of ether oxygens (including phenoxy) is 1. The molecule has 1 aromatic carbocycles. The first-order valence-electron chi connectivity index (χ1n) is 6.37. The predicted octanol–water partition coefficient (Wildman–Crippen LogP) is 1.61. The second-order valence-electron chi connectivity index (χ2n) is 4.61. The summed E-state index contributed by atoms with van der Waals surface area (Å²) < 4.78 is 5.04. The fourth-order valence-corrected chi connectivity index (χ4v) is 1.63. The Bertz CT molecular complexity index is 445. The topological polar surface area (TPSA) is 87.7 Å². The van der Waals surface area contributed by atoms with Gasteiger partial charge in [0.25, 0.3) is 0 Å². The van der Waals surface area contributed by atoms with E-state index < -0.39 is 5.97 Å². The summed E-state index contributed by atoms with van der Waals surface area (Å²) in [5, 5.41) is 14.0. The van der Waals surface area contributed by atoms with Crippen molar-refractivity contribution < 1.29 is 19.4 Å². The van der Waals surface area contributed by atoms with E-state index in [4.69, 9.17) is 9.84 Å².